The molecule has 5 rings (SSSR count). The van der Waals surface area contributed by atoms with Crippen molar-refractivity contribution in [1.82, 2.24) is 34.6 Å². The van der Waals surface area contributed by atoms with Crippen molar-refractivity contribution >= 4 is 11.9 Å². The number of amides is 1. The first-order chi connectivity index (χ1) is 15.2. The molecule has 0 bridgehead atoms. The Bertz CT molecular complexity index is 1000. The lowest BCUT2D eigenvalue weighted by Gasteiger charge is -2.38. The highest BCUT2D eigenvalue weighted by Crippen LogP contribution is 2.33. The lowest BCUT2D eigenvalue weighted by molar-refractivity contribution is 0.0628. The molecule has 1 aliphatic heterocycles. The third-order valence-corrected chi connectivity index (χ3v) is 5.85. The predicted octanol–water partition coefficient (Wildman–Crippen LogP) is 2.27. The molecule has 0 aromatic carbocycles. The van der Waals surface area contributed by atoms with Crippen molar-refractivity contribution in [2.75, 3.05) is 18.0 Å². The summed E-state index contributed by atoms with van der Waals surface area (Å²) >= 11 is 0. The van der Waals surface area contributed by atoms with Gasteiger partial charge in [0.15, 0.2) is 5.82 Å². The molecule has 10 heteroatoms. The summed E-state index contributed by atoms with van der Waals surface area (Å²) < 4.78 is 7.15. The molecule has 4 heterocycles. The van der Waals surface area contributed by atoms with E-state index in [1.54, 1.807) is 35.7 Å². The lowest BCUT2D eigenvalue weighted by Crippen LogP contribution is -2.48. The van der Waals surface area contributed by atoms with Gasteiger partial charge in [-0.1, -0.05) is 12.1 Å². The SMILES string of the molecule is CCCc1noc(N2CCC(N(C(=O)c3cnc(-n4ccnc4)nc3)C3CC3)CC2)n1. The lowest BCUT2D eigenvalue weighted by atomic mass is 10.0. The van der Waals surface area contributed by atoms with Crippen molar-refractivity contribution in [2.45, 2.75) is 57.5 Å². The van der Waals surface area contributed by atoms with Crippen molar-refractivity contribution in [1.29, 1.82) is 0 Å². The molecule has 10 nitrogen and oxygen atoms in total. The summed E-state index contributed by atoms with van der Waals surface area (Å²) in [7, 11) is 0. The van der Waals surface area contributed by atoms with Gasteiger partial charge in [-0.2, -0.15) is 4.98 Å². The number of hydrogen-bond acceptors (Lipinski definition) is 8. The molecule has 2 fully saturated rings. The Balaban J connectivity index is 1.25. The molecule has 31 heavy (non-hydrogen) atoms. The minimum atomic E-state index is 0.0150. The van der Waals surface area contributed by atoms with Gasteiger partial charge in [-0.25, -0.2) is 15.0 Å². The van der Waals surface area contributed by atoms with E-state index < -0.39 is 0 Å². The summed E-state index contributed by atoms with van der Waals surface area (Å²) in [5.41, 5.74) is 0.527. The van der Waals surface area contributed by atoms with E-state index in [1.165, 1.54) is 0 Å². The quantitative estimate of drug-likeness (QED) is 0.571. The van der Waals surface area contributed by atoms with E-state index in [0.29, 0.717) is 23.6 Å². The average molecular weight is 422 g/mol. The molecule has 0 radical (unpaired) electrons. The number of hydrogen-bond donors (Lipinski definition) is 0. The fourth-order valence-electron chi connectivity index (χ4n) is 4.11. The normalized spacial score (nSPS) is 17.1. The maximum Gasteiger partial charge on any atom is 0.324 e. The third kappa shape index (κ3) is 4.14. The Kier molecular flexibility index (Phi) is 5.35. The summed E-state index contributed by atoms with van der Waals surface area (Å²) in [4.78, 5) is 34.7. The summed E-state index contributed by atoms with van der Waals surface area (Å²) in [5.74, 6) is 1.28. The minimum absolute atomic E-state index is 0.0150. The number of carbonyl (C=O) groups excluding carboxylic acids is 1. The van der Waals surface area contributed by atoms with Gasteiger partial charge < -0.3 is 14.3 Å². The summed E-state index contributed by atoms with van der Waals surface area (Å²) in [6.45, 7) is 3.69. The van der Waals surface area contributed by atoms with Crippen LogP contribution in [0.3, 0.4) is 0 Å². The van der Waals surface area contributed by atoms with Crippen molar-refractivity contribution in [3.63, 3.8) is 0 Å². The Labute approximate surface area is 180 Å². The Hall–Kier alpha value is -3.30. The molecule has 1 saturated heterocycles. The molecule has 1 saturated carbocycles. The molecule has 162 valence electrons. The molecular formula is C21H26N8O2. The van der Waals surface area contributed by atoms with Crippen LogP contribution in [0.5, 0.6) is 0 Å². The Morgan fingerprint density at radius 2 is 1.90 bits per heavy atom. The van der Waals surface area contributed by atoms with Gasteiger partial charge in [0.25, 0.3) is 5.91 Å². The monoisotopic (exact) mass is 422 g/mol. The second kappa shape index (κ2) is 8.44. The van der Waals surface area contributed by atoms with Crippen LogP contribution in [-0.4, -0.2) is 65.6 Å². The molecule has 1 amide bonds. The number of rotatable bonds is 7. The standard InChI is InChI=1S/C21H26N8O2/c1-2-3-18-25-21(31-26-18)27-9-6-17(7-10-27)29(16-4-5-16)19(30)15-12-23-20(24-13-15)28-11-8-22-14-28/h8,11-14,16-17H,2-7,9-10H2,1H3. The zero-order valence-electron chi connectivity index (χ0n) is 17.6. The van der Waals surface area contributed by atoms with Crippen molar-refractivity contribution in [2.24, 2.45) is 0 Å². The largest absolute Gasteiger partial charge is 0.332 e. The number of aryl methyl sites for hydroxylation is 1. The van der Waals surface area contributed by atoms with Crippen LogP contribution in [0.1, 0.15) is 55.2 Å². The second-order valence-corrected chi connectivity index (χ2v) is 8.15. The summed E-state index contributed by atoms with van der Waals surface area (Å²) in [5, 5.41) is 4.06. The van der Waals surface area contributed by atoms with E-state index in [9.17, 15) is 4.79 Å². The van der Waals surface area contributed by atoms with Crippen LogP contribution >= 0.6 is 0 Å². The summed E-state index contributed by atoms with van der Waals surface area (Å²) in [6.07, 6.45) is 14.0. The molecular weight excluding hydrogens is 396 g/mol. The maximum atomic E-state index is 13.3. The predicted molar refractivity (Wildman–Crippen MR) is 112 cm³/mol. The first-order valence-electron chi connectivity index (χ1n) is 10.9. The van der Waals surface area contributed by atoms with E-state index in [-0.39, 0.29) is 11.9 Å². The zero-order valence-corrected chi connectivity index (χ0v) is 17.6. The number of imidazole rings is 1. The van der Waals surface area contributed by atoms with Crippen LogP contribution in [0.25, 0.3) is 5.95 Å². The van der Waals surface area contributed by atoms with Crippen LogP contribution in [0.4, 0.5) is 6.01 Å². The van der Waals surface area contributed by atoms with Gasteiger partial charge in [-0.15, -0.1) is 0 Å². The molecule has 0 atom stereocenters. The van der Waals surface area contributed by atoms with Crippen LogP contribution in [0.15, 0.2) is 35.6 Å². The highest BCUT2D eigenvalue weighted by atomic mass is 16.5. The topological polar surface area (TPSA) is 106 Å². The third-order valence-electron chi connectivity index (χ3n) is 5.85. The van der Waals surface area contributed by atoms with E-state index in [2.05, 4.69) is 41.8 Å². The number of carbonyl (C=O) groups is 1. The highest BCUT2D eigenvalue weighted by molar-refractivity contribution is 5.94. The molecule has 1 aliphatic carbocycles. The van der Waals surface area contributed by atoms with Crippen molar-refractivity contribution in [3.8, 4) is 5.95 Å². The molecule has 2 aliphatic rings. The van der Waals surface area contributed by atoms with Crippen LogP contribution in [-0.2, 0) is 6.42 Å². The number of piperidine rings is 1. The fraction of sp³-hybridized carbons (Fsp3) is 0.524. The fourth-order valence-corrected chi connectivity index (χ4v) is 4.11. The van der Waals surface area contributed by atoms with Gasteiger partial charge in [-0.05, 0) is 32.1 Å². The van der Waals surface area contributed by atoms with Crippen LogP contribution < -0.4 is 4.90 Å². The van der Waals surface area contributed by atoms with E-state index >= 15 is 0 Å². The van der Waals surface area contributed by atoms with Crippen molar-refractivity contribution < 1.29 is 9.32 Å². The number of anilines is 1. The maximum absolute atomic E-state index is 13.3. The van der Waals surface area contributed by atoms with Gasteiger partial charge in [0, 0.05) is 56.4 Å². The van der Waals surface area contributed by atoms with Gasteiger partial charge in [0.2, 0.25) is 5.95 Å². The van der Waals surface area contributed by atoms with Crippen LogP contribution in [0, 0.1) is 0 Å². The minimum Gasteiger partial charge on any atom is -0.332 e. The number of nitrogens with zero attached hydrogens (tertiary/aromatic N) is 8. The van der Waals surface area contributed by atoms with Crippen LogP contribution in [0.2, 0.25) is 0 Å². The molecule has 3 aromatic rings. The molecule has 3 aromatic heterocycles. The zero-order chi connectivity index (χ0) is 21.2. The van der Waals surface area contributed by atoms with E-state index in [1.807, 2.05) is 0 Å². The van der Waals surface area contributed by atoms with Gasteiger partial charge in [0.05, 0.1) is 5.56 Å². The molecule has 0 unspecified atom stereocenters. The van der Waals surface area contributed by atoms with E-state index in [0.717, 1.165) is 57.4 Å². The van der Waals surface area contributed by atoms with E-state index in [4.69, 9.17) is 4.52 Å². The van der Waals surface area contributed by atoms with Gasteiger partial charge >= 0.3 is 6.01 Å². The van der Waals surface area contributed by atoms with Gasteiger partial charge in [0.1, 0.15) is 6.33 Å². The molecule has 0 N–H and O–H groups in total. The van der Waals surface area contributed by atoms with Crippen molar-refractivity contribution in [3.05, 3.63) is 42.5 Å². The first kappa shape index (κ1) is 19.7. The first-order valence-corrected chi connectivity index (χ1v) is 10.9. The summed E-state index contributed by atoms with van der Waals surface area (Å²) in [6, 6.07) is 1.11. The second-order valence-electron chi connectivity index (χ2n) is 8.15. The highest BCUT2D eigenvalue weighted by Gasteiger charge is 2.39. The Morgan fingerprint density at radius 1 is 1.16 bits per heavy atom. The smallest absolute Gasteiger partial charge is 0.324 e. The number of aromatic nitrogens is 6. The van der Waals surface area contributed by atoms with Gasteiger partial charge in [-0.3, -0.25) is 9.36 Å². The Morgan fingerprint density at radius 3 is 2.55 bits per heavy atom. The average Bonchev–Trinajstić information content (AvgIpc) is 3.27. The molecule has 0 spiro atoms.